The Hall–Kier alpha value is -1.69. The van der Waals surface area contributed by atoms with Crippen molar-refractivity contribution >= 4 is 21.8 Å². The smallest absolute Gasteiger partial charge is 0.227 e. The normalized spacial score (nSPS) is 25.8. The molecule has 5 heteroatoms. The summed E-state index contributed by atoms with van der Waals surface area (Å²) in [6.07, 6.45) is 1.77. The molecule has 2 aromatic carbocycles. The predicted octanol–water partition coefficient (Wildman–Crippen LogP) is 3.80. The van der Waals surface area contributed by atoms with Gasteiger partial charge in [-0.15, -0.1) is 0 Å². The number of amides is 1. The largest absolute Gasteiger partial charge is 0.365 e. The molecule has 1 spiro atoms. The zero-order chi connectivity index (χ0) is 19.1. The Labute approximate surface area is 174 Å². The number of hydrogen-bond donors (Lipinski definition) is 1. The van der Waals surface area contributed by atoms with Crippen molar-refractivity contribution in [3.63, 3.8) is 0 Å². The lowest BCUT2D eigenvalue weighted by molar-refractivity contribution is -0.142. The van der Waals surface area contributed by atoms with E-state index in [9.17, 15) is 4.79 Å². The first-order chi connectivity index (χ1) is 13.7. The van der Waals surface area contributed by atoms with Gasteiger partial charge in [-0.25, -0.2) is 0 Å². The van der Waals surface area contributed by atoms with Crippen molar-refractivity contribution in [1.29, 1.82) is 0 Å². The maximum absolute atomic E-state index is 13.4. The van der Waals surface area contributed by atoms with E-state index in [1.54, 1.807) is 0 Å². The highest BCUT2D eigenvalue weighted by molar-refractivity contribution is 9.10. The Kier molecular flexibility index (Phi) is 4.77. The first-order valence-electron chi connectivity index (χ1n) is 10.1. The minimum absolute atomic E-state index is 0.00420. The van der Waals surface area contributed by atoms with Gasteiger partial charge >= 0.3 is 0 Å². The second-order valence-electron chi connectivity index (χ2n) is 8.16. The lowest BCUT2D eigenvalue weighted by Gasteiger charge is -2.40. The molecule has 0 saturated carbocycles. The van der Waals surface area contributed by atoms with E-state index in [0.29, 0.717) is 6.61 Å². The first-order valence-corrected chi connectivity index (χ1v) is 10.9. The molecule has 3 aliphatic rings. The predicted molar refractivity (Wildman–Crippen MR) is 112 cm³/mol. The molecule has 2 atom stereocenters. The summed E-state index contributed by atoms with van der Waals surface area (Å²) in [4.78, 5) is 15.4. The van der Waals surface area contributed by atoms with E-state index in [4.69, 9.17) is 4.74 Å². The van der Waals surface area contributed by atoms with Crippen molar-refractivity contribution in [2.24, 2.45) is 5.92 Å². The molecule has 0 aromatic heterocycles. The number of nitrogens with zero attached hydrogens (tertiary/aromatic N) is 1. The van der Waals surface area contributed by atoms with Gasteiger partial charge in [0, 0.05) is 36.6 Å². The molecular weight excluding hydrogens is 416 g/mol. The lowest BCUT2D eigenvalue weighted by atomic mass is 9.82. The number of benzene rings is 2. The quantitative estimate of drug-likeness (QED) is 0.771. The average molecular weight is 441 g/mol. The maximum Gasteiger partial charge on any atom is 0.227 e. The number of ether oxygens (including phenoxy) is 1. The third kappa shape index (κ3) is 3.00. The Morgan fingerprint density at radius 2 is 1.82 bits per heavy atom. The number of nitrogens with one attached hydrogen (secondary N) is 1. The van der Waals surface area contributed by atoms with Crippen LogP contribution in [-0.4, -0.2) is 37.0 Å². The molecule has 0 unspecified atom stereocenters. The van der Waals surface area contributed by atoms with Crippen LogP contribution in [0.25, 0.3) is 0 Å². The van der Waals surface area contributed by atoms with Crippen molar-refractivity contribution in [2.75, 3.05) is 26.2 Å². The molecule has 2 aromatic rings. The fourth-order valence-corrected chi connectivity index (χ4v) is 5.74. The molecule has 3 aliphatic heterocycles. The van der Waals surface area contributed by atoms with Gasteiger partial charge in [-0.2, -0.15) is 0 Å². The maximum atomic E-state index is 13.4. The number of carbonyl (C=O) groups excluding carboxylic acids is 1. The monoisotopic (exact) mass is 440 g/mol. The van der Waals surface area contributed by atoms with E-state index >= 15 is 0 Å². The minimum Gasteiger partial charge on any atom is -0.365 e. The van der Waals surface area contributed by atoms with Crippen molar-refractivity contribution in [3.8, 4) is 0 Å². The second-order valence-corrected chi connectivity index (χ2v) is 9.01. The van der Waals surface area contributed by atoms with Crippen LogP contribution in [0.4, 0.5) is 0 Å². The van der Waals surface area contributed by atoms with Crippen LogP contribution < -0.4 is 5.32 Å². The standard InChI is InChI=1S/C23H25BrN2O2/c24-21-8-4-2-6-17(21)18-13-25-14-19(18)22(27)26-11-9-23(10-12-26)20-7-3-1-5-16(20)15-28-23/h1-8,18-19,25H,9-15H2/t18-,19+/m0/s1. The molecule has 2 fully saturated rings. The van der Waals surface area contributed by atoms with Gasteiger partial charge in [0.1, 0.15) is 0 Å². The van der Waals surface area contributed by atoms with Crippen molar-refractivity contribution < 1.29 is 9.53 Å². The summed E-state index contributed by atoms with van der Waals surface area (Å²) in [6.45, 7) is 3.85. The van der Waals surface area contributed by atoms with Crippen molar-refractivity contribution in [1.82, 2.24) is 10.2 Å². The Morgan fingerprint density at radius 3 is 2.64 bits per heavy atom. The van der Waals surface area contributed by atoms with E-state index in [-0.39, 0.29) is 23.3 Å². The summed E-state index contributed by atoms with van der Waals surface area (Å²) in [5.74, 6) is 0.513. The lowest BCUT2D eigenvalue weighted by Crippen LogP contribution is -2.48. The number of rotatable bonds is 2. The Balaban J connectivity index is 1.31. The number of piperidine rings is 1. The van der Waals surface area contributed by atoms with Crippen LogP contribution in [0.2, 0.25) is 0 Å². The SMILES string of the molecule is O=C([C@@H]1CNC[C@H]1c1ccccc1Br)N1CCC2(CC1)OCc1ccccc12. The summed E-state index contributed by atoms with van der Waals surface area (Å²) in [6, 6.07) is 16.8. The van der Waals surface area contributed by atoms with Gasteiger partial charge in [0.25, 0.3) is 0 Å². The van der Waals surface area contributed by atoms with Gasteiger partial charge in [0.05, 0.1) is 18.1 Å². The van der Waals surface area contributed by atoms with E-state index < -0.39 is 0 Å². The molecular formula is C23H25BrN2O2. The van der Waals surface area contributed by atoms with Crippen LogP contribution in [0.5, 0.6) is 0 Å². The van der Waals surface area contributed by atoms with Gasteiger partial charge in [-0.05, 0) is 35.6 Å². The highest BCUT2D eigenvalue weighted by atomic mass is 79.9. The van der Waals surface area contributed by atoms with Crippen LogP contribution in [0.1, 0.15) is 35.4 Å². The third-order valence-corrected chi connectivity index (χ3v) is 7.45. The van der Waals surface area contributed by atoms with Crippen molar-refractivity contribution in [3.05, 3.63) is 69.7 Å². The van der Waals surface area contributed by atoms with Crippen LogP contribution in [0.3, 0.4) is 0 Å². The minimum atomic E-state index is -0.191. The van der Waals surface area contributed by atoms with Crippen LogP contribution in [0, 0.1) is 5.92 Å². The van der Waals surface area contributed by atoms with Crippen LogP contribution in [0.15, 0.2) is 53.0 Å². The van der Waals surface area contributed by atoms with Gasteiger partial charge in [0.15, 0.2) is 0 Å². The zero-order valence-corrected chi connectivity index (χ0v) is 17.5. The Bertz CT molecular complexity index is 892. The van der Waals surface area contributed by atoms with E-state index in [1.807, 2.05) is 6.07 Å². The van der Waals surface area contributed by atoms with Crippen molar-refractivity contribution in [2.45, 2.75) is 31.0 Å². The molecule has 3 heterocycles. The summed E-state index contributed by atoms with van der Waals surface area (Å²) < 4.78 is 7.35. The fourth-order valence-electron chi connectivity index (χ4n) is 5.16. The van der Waals surface area contributed by atoms with Gasteiger partial charge in [-0.3, -0.25) is 4.79 Å². The highest BCUT2D eigenvalue weighted by Crippen LogP contribution is 2.44. The van der Waals surface area contributed by atoms with Crippen LogP contribution in [-0.2, 0) is 21.7 Å². The molecule has 0 aliphatic carbocycles. The summed E-state index contributed by atoms with van der Waals surface area (Å²) in [7, 11) is 0. The Morgan fingerprint density at radius 1 is 1.07 bits per heavy atom. The summed E-state index contributed by atoms with van der Waals surface area (Å²) in [5, 5.41) is 3.44. The second kappa shape index (κ2) is 7.29. The summed E-state index contributed by atoms with van der Waals surface area (Å²) in [5.41, 5.74) is 3.67. The van der Waals surface area contributed by atoms with Crippen LogP contribution >= 0.6 is 15.9 Å². The molecule has 0 radical (unpaired) electrons. The average Bonchev–Trinajstić information content (AvgIpc) is 3.35. The van der Waals surface area contributed by atoms with E-state index in [1.165, 1.54) is 16.7 Å². The number of carbonyl (C=O) groups is 1. The molecule has 1 amide bonds. The number of likely N-dealkylation sites (tertiary alicyclic amines) is 1. The molecule has 0 bridgehead atoms. The zero-order valence-electron chi connectivity index (χ0n) is 15.9. The van der Waals surface area contributed by atoms with E-state index in [2.05, 4.69) is 68.6 Å². The molecule has 1 N–H and O–H groups in total. The third-order valence-electron chi connectivity index (χ3n) is 6.73. The summed E-state index contributed by atoms with van der Waals surface area (Å²) >= 11 is 3.67. The first kappa shape index (κ1) is 18.3. The number of fused-ring (bicyclic) bond motifs is 2. The molecule has 28 heavy (non-hydrogen) atoms. The topological polar surface area (TPSA) is 41.6 Å². The van der Waals surface area contributed by atoms with E-state index in [0.717, 1.165) is 43.5 Å². The van der Waals surface area contributed by atoms with Gasteiger partial charge < -0.3 is 15.0 Å². The highest BCUT2D eigenvalue weighted by Gasteiger charge is 2.45. The number of halogens is 1. The fraction of sp³-hybridized carbons (Fsp3) is 0.435. The van der Waals surface area contributed by atoms with Gasteiger partial charge in [0.2, 0.25) is 5.91 Å². The molecule has 2 saturated heterocycles. The van der Waals surface area contributed by atoms with Gasteiger partial charge in [-0.1, -0.05) is 58.4 Å². The molecule has 5 rings (SSSR count). The molecule has 146 valence electrons. The number of hydrogen-bond acceptors (Lipinski definition) is 3. The molecule has 4 nitrogen and oxygen atoms in total.